The molecule has 2 heterocycles. The second-order valence-electron chi connectivity index (χ2n) is 3.97. The first kappa shape index (κ1) is 14.2. The Morgan fingerprint density at radius 1 is 1.42 bits per heavy atom. The quantitative estimate of drug-likeness (QED) is 0.733. The Balaban J connectivity index is 1.68. The first-order valence-electron chi connectivity index (χ1n) is 5.94. The van der Waals surface area contributed by atoms with Gasteiger partial charge in [-0.3, -0.25) is 4.79 Å². The van der Waals surface area contributed by atoms with E-state index >= 15 is 0 Å². The maximum atomic E-state index is 10.4. The highest BCUT2D eigenvalue weighted by Crippen LogP contribution is 2.29. The highest BCUT2D eigenvalue weighted by Gasteiger charge is 2.03. The number of primary amides is 1. The number of nitrogens with two attached hydrogens (primary N) is 1. The third kappa shape index (κ3) is 4.76. The Labute approximate surface area is 120 Å². The molecule has 19 heavy (non-hydrogen) atoms. The number of hydrogen-bond donors (Lipinski definition) is 2. The molecule has 0 aliphatic heterocycles. The van der Waals surface area contributed by atoms with Gasteiger partial charge in [-0.1, -0.05) is 6.07 Å². The average Bonchev–Trinajstić information content (AvgIpc) is 3.03. The minimum absolute atomic E-state index is 0.0107. The summed E-state index contributed by atoms with van der Waals surface area (Å²) in [6, 6.07) is 6.39. The fourth-order valence-corrected chi connectivity index (χ4v) is 3.22. The highest BCUT2D eigenvalue weighted by atomic mass is 32.1. The van der Waals surface area contributed by atoms with Crippen LogP contribution in [0.2, 0.25) is 0 Å². The van der Waals surface area contributed by atoms with Crippen LogP contribution in [-0.4, -0.2) is 25.7 Å². The summed E-state index contributed by atoms with van der Waals surface area (Å²) in [6.45, 7) is 2.00. The SMILES string of the molecule is NC(=O)COCCNCc1cc(-c2cccs2)cs1. The van der Waals surface area contributed by atoms with Crippen LogP contribution in [0.3, 0.4) is 0 Å². The number of amides is 1. The van der Waals surface area contributed by atoms with Gasteiger partial charge in [-0.15, -0.1) is 22.7 Å². The van der Waals surface area contributed by atoms with Crippen molar-refractivity contribution in [3.8, 4) is 10.4 Å². The maximum Gasteiger partial charge on any atom is 0.243 e. The molecular weight excluding hydrogens is 280 g/mol. The van der Waals surface area contributed by atoms with E-state index in [2.05, 4.69) is 34.3 Å². The largest absolute Gasteiger partial charge is 0.370 e. The van der Waals surface area contributed by atoms with E-state index in [1.54, 1.807) is 22.7 Å². The summed E-state index contributed by atoms with van der Waals surface area (Å²) in [5.74, 6) is -0.432. The standard InChI is InChI=1S/C13H16N2O2S2/c14-13(16)8-17-4-3-15-7-11-6-10(9-19-11)12-2-1-5-18-12/h1-2,5-6,9,15H,3-4,7-8H2,(H2,14,16). The molecule has 102 valence electrons. The zero-order valence-electron chi connectivity index (χ0n) is 10.4. The Kier molecular flexibility index (Phi) is 5.53. The summed E-state index contributed by atoms with van der Waals surface area (Å²) < 4.78 is 5.07. The molecule has 0 aliphatic rings. The van der Waals surface area contributed by atoms with Gasteiger partial charge >= 0.3 is 0 Å². The van der Waals surface area contributed by atoms with Crippen molar-refractivity contribution in [2.24, 2.45) is 5.73 Å². The van der Waals surface area contributed by atoms with Crippen molar-refractivity contribution in [1.82, 2.24) is 5.32 Å². The van der Waals surface area contributed by atoms with Gasteiger partial charge < -0.3 is 15.8 Å². The van der Waals surface area contributed by atoms with Crippen LogP contribution in [0.5, 0.6) is 0 Å². The third-order valence-electron chi connectivity index (χ3n) is 2.43. The number of carbonyl (C=O) groups excluding carboxylic acids is 1. The zero-order valence-corrected chi connectivity index (χ0v) is 12.1. The first-order chi connectivity index (χ1) is 9.25. The molecular formula is C13H16N2O2S2. The Morgan fingerprint density at radius 3 is 3.05 bits per heavy atom. The van der Waals surface area contributed by atoms with Crippen LogP contribution in [0.15, 0.2) is 29.0 Å². The monoisotopic (exact) mass is 296 g/mol. The third-order valence-corrected chi connectivity index (χ3v) is 4.28. The van der Waals surface area contributed by atoms with E-state index in [0.29, 0.717) is 13.2 Å². The molecule has 2 aromatic rings. The molecule has 2 rings (SSSR count). The van der Waals surface area contributed by atoms with Crippen molar-refractivity contribution >= 4 is 28.6 Å². The van der Waals surface area contributed by atoms with E-state index in [1.165, 1.54) is 15.3 Å². The molecule has 0 bridgehead atoms. The zero-order chi connectivity index (χ0) is 13.5. The number of ether oxygens (including phenoxy) is 1. The van der Waals surface area contributed by atoms with Crippen LogP contribution >= 0.6 is 22.7 Å². The van der Waals surface area contributed by atoms with E-state index in [1.807, 2.05) is 0 Å². The summed E-state index contributed by atoms with van der Waals surface area (Å²) in [5.41, 5.74) is 6.25. The number of nitrogens with one attached hydrogen (secondary N) is 1. The van der Waals surface area contributed by atoms with E-state index in [9.17, 15) is 4.79 Å². The lowest BCUT2D eigenvalue weighted by atomic mass is 10.2. The molecule has 0 spiro atoms. The summed E-state index contributed by atoms with van der Waals surface area (Å²) in [6.07, 6.45) is 0. The van der Waals surface area contributed by atoms with Gasteiger partial charge in [0.2, 0.25) is 5.91 Å². The first-order valence-corrected chi connectivity index (χ1v) is 7.69. The molecule has 0 atom stereocenters. The molecule has 0 radical (unpaired) electrons. The van der Waals surface area contributed by atoms with Gasteiger partial charge in [0.05, 0.1) is 6.61 Å². The molecule has 4 nitrogen and oxygen atoms in total. The Bertz CT molecular complexity index is 508. The predicted octanol–water partition coefficient (Wildman–Crippen LogP) is 2.07. The van der Waals surface area contributed by atoms with Gasteiger partial charge in [0.1, 0.15) is 6.61 Å². The molecule has 0 fully saturated rings. The van der Waals surface area contributed by atoms with E-state index < -0.39 is 5.91 Å². The molecule has 0 aromatic carbocycles. The lowest BCUT2D eigenvalue weighted by Gasteiger charge is -2.03. The lowest BCUT2D eigenvalue weighted by Crippen LogP contribution is -2.23. The van der Waals surface area contributed by atoms with Gasteiger partial charge in [-0.2, -0.15) is 0 Å². The Morgan fingerprint density at radius 2 is 2.32 bits per heavy atom. The summed E-state index contributed by atoms with van der Waals surface area (Å²) in [7, 11) is 0. The summed E-state index contributed by atoms with van der Waals surface area (Å²) in [4.78, 5) is 13.0. The van der Waals surface area contributed by atoms with Crippen LogP contribution in [-0.2, 0) is 16.1 Å². The lowest BCUT2D eigenvalue weighted by molar-refractivity contribution is -0.122. The van der Waals surface area contributed by atoms with Gasteiger partial charge in [-0.25, -0.2) is 0 Å². The molecule has 3 N–H and O–H groups in total. The topological polar surface area (TPSA) is 64.4 Å². The van der Waals surface area contributed by atoms with Crippen molar-refractivity contribution < 1.29 is 9.53 Å². The normalized spacial score (nSPS) is 10.7. The second kappa shape index (κ2) is 7.40. The van der Waals surface area contributed by atoms with Crippen molar-refractivity contribution in [1.29, 1.82) is 0 Å². The molecule has 0 aliphatic carbocycles. The highest BCUT2D eigenvalue weighted by molar-refractivity contribution is 7.14. The van der Waals surface area contributed by atoms with E-state index in [0.717, 1.165) is 6.54 Å². The number of carbonyl (C=O) groups is 1. The number of rotatable bonds is 8. The summed E-state index contributed by atoms with van der Waals surface area (Å²) >= 11 is 3.50. The maximum absolute atomic E-state index is 10.4. The van der Waals surface area contributed by atoms with Gasteiger partial charge in [0, 0.05) is 28.4 Å². The van der Waals surface area contributed by atoms with Crippen molar-refractivity contribution in [2.75, 3.05) is 19.8 Å². The molecule has 2 aromatic heterocycles. The van der Waals surface area contributed by atoms with Gasteiger partial charge in [-0.05, 0) is 22.9 Å². The van der Waals surface area contributed by atoms with Crippen LogP contribution in [0, 0.1) is 0 Å². The van der Waals surface area contributed by atoms with E-state index in [-0.39, 0.29) is 6.61 Å². The summed E-state index contributed by atoms with van der Waals surface area (Å²) in [5, 5.41) is 7.53. The van der Waals surface area contributed by atoms with Crippen LogP contribution in [0.4, 0.5) is 0 Å². The molecule has 1 amide bonds. The molecule has 6 heteroatoms. The van der Waals surface area contributed by atoms with Crippen LogP contribution < -0.4 is 11.1 Å². The molecule has 0 unspecified atom stereocenters. The minimum Gasteiger partial charge on any atom is -0.370 e. The molecule has 0 saturated carbocycles. The molecule has 0 saturated heterocycles. The van der Waals surface area contributed by atoms with Crippen LogP contribution in [0.1, 0.15) is 4.88 Å². The smallest absolute Gasteiger partial charge is 0.243 e. The second-order valence-corrected chi connectivity index (χ2v) is 5.92. The van der Waals surface area contributed by atoms with Crippen molar-refractivity contribution in [3.05, 3.63) is 33.8 Å². The number of hydrogen-bond acceptors (Lipinski definition) is 5. The number of thiophene rings is 2. The Hall–Kier alpha value is -1.21. The van der Waals surface area contributed by atoms with Crippen LogP contribution in [0.25, 0.3) is 10.4 Å². The van der Waals surface area contributed by atoms with Crippen molar-refractivity contribution in [2.45, 2.75) is 6.54 Å². The average molecular weight is 296 g/mol. The fourth-order valence-electron chi connectivity index (χ4n) is 1.57. The van der Waals surface area contributed by atoms with Crippen molar-refractivity contribution in [3.63, 3.8) is 0 Å². The predicted molar refractivity (Wildman–Crippen MR) is 79.4 cm³/mol. The van der Waals surface area contributed by atoms with Gasteiger partial charge in [0.25, 0.3) is 0 Å². The van der Waals surface area contributed by atoms with Gasteiger partial charge in [0.15, 0.2) is 0 Å². The minimum atomic E-state index is -0.432. The van der Waals surface area contributed by atoms with E-state index in [4.69, 9.17) is 10.5 Å². The fraction of sp³-hybridized carbons (Fsp3) is 0.308.